The number of carbonyl (C=O) groups excluding carboxylic acids is 2. The number of aliphatic hydroxyl groups is 1. The van der Waals surface area contributed by atoms with E-state index in [1.54, 1.807) is 12.1 Å². The second kappa shape index (κ2) is 5.79. The number of nitrogens with zero attached hydrogens (tertiary/aromatic N) is 1. The van der Waals surface area contributed by atoms with Crippen LogP contribution >= 0.6 is 0 Å². The lowest BCUT2D eigenvalue weighted by molar-refractivity contribution is -0.124. The van der Waals surface area contributed by atoms with Gasteiger partial charge in [0.1, 0.15) is 6.54 Å². The molecule has 0 fully saturated rings. The molecule has 0 unspecified atom stereocenters. The zero-order valence-corrected chi connectivity index (χ0v) is 11.1. The number of hydrogen-bond acceptors (Lipinski definition) is 5. The molecule has 0 aliphatic carbocycles. The average molecular weight is 280 g/mol. The summed E-state index contributed by atoms with van der Waals surface area (Å²) >= 11 is 0. The highest BCUT2D eigenvalue weighted by Crippen LogP contribution is 2.41. The first-order valence-electron chi connectivity index (χ1n) is 6.18. The Hall–Kier alpha value is -2.28. The van der Waals surface area contributed by atoms with E-state index in [1.807, 2.05) is 6.92 Å². The van der Waals surface area contributed by atoms with Crippen LogP contribution in [0.3, 0.4) is 0 Å². The Morgan fingerprint density at radius 3 is 2.90 bits per heavy atom. The third-order valence-electron chi connectivity index (χ3n) is 2.82. The van der Waals surface area contributed by atoms with Crippen LogP contribution in [0.25, 0.3) is 0 Å². The predicted molar refractivity (Wildman–Crippen MR) is 70.6 cm³/mol. The number of ether oxygens (including phenoxy) is 2. The minimum absolute atomic E-state index is 0.182. The summed E-state index contributed by atoms with van der Waals surface area (Å²) in [5.74, 6) is -0.187. The van der Waals surface area contributed by atoms with Gasteiger partial charge < -0.3 is 20.3 Å². The van der Waals surface area contributed by atoms with Crippen LogP contribution in [0, 0.1) is 0 Å². The first-order valence-corrected chi connectivity index (χ1v) is 6.18. The smallest absolute Gasteiger partial charge is 0.265 e. The summed E-state index contributed by atoms with van der Waals surface area (Å²) in [6.45, 7) is 1.59. The predicted octanol–water partition coefficient (Wildman–Crippen LogP) is -0.212. The molecule has 1 aromatic rings. The minimum atomic E-state index is -0.626. The first kappa shape index (κ1) is 14.1. The van der Waals surface area contributed by atoms with Crippen LogP contribution in [-0.4, -0.2) is 36.7 Å². The molecule has 1 aliphatic heterocycles. The summed E-state index contributed by atoms with van der Waals surface area (Å²) in [5.41, 5.74) is 6.10. The number of carbonyl (C=O) groups is 2. The van der Waals surface area contributed by atoms with Crippen LogP contribution in [-0.2, 0) is 16.2 Å². The summed E-state index contributed by atoms with van der Waals surface area (Å²) in [4.78, 5) is 24.2. The summed E-state index contributed by atoms with van der Waals surface area (Å²) in [6.07, 6.45) is 0. The van der Waals surface area contributed by atoms with Gasteiger partial charge in [0.05, 0.1) is 18.9 Å². The van der Waals surface area contributed by atoms with Crippen molar-refractivity contribution in [1.29, 1.82) is 0 Å². The van der Waals surface area contributed by atoms with E-state index in [9.17, 15) is 14.7 Å². The highest BCUT2D eigenvalue weighted by Gasteiger charge is 2.29. The van der Waals surface area contributed by atoms with E-state index in [0.717, 1.165) is 0 Å². The summed E-state index contributed by atoms with van der Waals surface area (Å²) in [7, 11) is 0. The van der Waals surface area contributed by atoms with Crippen molar-refractivity contribution in [1.82, 2.24) is 0 Å². The lowest BCUT2D eigenvalue weighted by Gasteiger charge is -2.30. The number of benzene rings is 1. The second-order valence-corrected chi connectivity index (χ2v) is 4.27. The van der Waals surface area contributed by atoms with Gasteiger partial charge in [-0.05, 0) is 24.6 Å². The highest BCUT2D eigenvalue weighted by molar-refractivity contribution is 6.02. The van der Waals surface area contributed by atoms with Crippen LogP contribution in [0.4, 0.5) is 5.69 Å². The Morgan fingerprint density at radius 2 is 2.30 bits per heavy atom. The maximum absolute atomic E-state index is 11.9. The number of rotatable bonds is 5. The van der Waals surface area contributed by atoms with Crippen molar-refractivity contribution in [2.45, 2.75) is 13.5 Å². The van der Waals surface area contributed by atoms with E-state index in [0.29, 0.717) is 29.4 Å². The van der Waals surface area contributed by atoms with E-state index < -0.39 is 5.91 Å². The van der Waals surface area contributed by atoms with Gasteiger partial charge in [-0.15, -0.1) is 0 Å². The lowest BCUT2D eigenvalue weighted by atomic mass is 10.1. The number of fused-ring (bicyclic) bond motifs is 1. The number of primary amides is 1. The van der Waals surface area contributed by atoms with Gasteiger partial charge in [-0.25, -0.2) is 0 Å². The average Bonchev–Trinajstić information content (AvgIpc) is 2.41. The number of nitrogens with two attached hydrogens (primary N) is 1. The number of aliphatic hydroxyl groups excluding tert-OH is 1. The molecule has 0 bridgehead atoms. The molecule has 2 amide bonds. The molecule has 0 saturated carbocycles. The SMILES string of the molecule is CCOc1cc(CO)cc2c1OCC(=O)N2CC(N)=O. The molecule has 0 saturated heterocycles. The molecule has 7 nitrogen and oxygen atoms in total. The molecule has 0 aromatic heterocycles. The lowest BCUT2D eigenvalue weighted by Crippen LogP contribution is -2.43. The Bertz CT molecular complexity index is 544. The molecular weight excluding hydrogens is 264 g/mol. The van der Waals surface area contributed by atoms with E-state index in [2.05, 4.69) is 0 Å². The normalized spacial score (nSPS) is 13.7. The maximum atomic E-state index is 11.9. The van der Waals surface area contributed by atoms with E-state index in [-0.39, 0.29) is 25.7 Å². The fraction of sp³-hybridized carbons (Fsp3) is 0.385. The van der Waals surface area contributed by atoms with Crippen LogP contribution < -0.4 is 20.1 Å². The Balaban J connectivity index is 2.51. The number of amides is 2. The molecule has 3 N–H and O–H groups in total. The molecule has 20 heavy (non-hydrogen) atoms. The third-order valence-corrected chi connectivity index (χ3v) is 2.82. The molecule has 0 radical (unpaired) electrons. The second-order valence-electron chi connectivity index (χ2n) is 4.27. The fourth-order valence-corrected chi connectivity index (χ4v) is 2.02. The molecule has 7 heteroatoms. The number of anilines is 1. The molecule has 0 spiro atoms. The molecular formula is C13H16N2O5. The van der Waals surface area contributed by atoms with Gasteiger partial charge in [-0.3, -0.25) is 14.5 Å². The fourth-order valence-electron chi connectivity index (χ4n) is 2.02. The van der Waals surface area contributed by atoms with Crippen molar-refractivity contribution in [2.24, 2.45) is 5.73 Å². The molecule has 2 rings (SSSR count). The molecule has 1 aromatic carbocycles. The van der Waals surface area contributed by atoms with Gasteiger partial charge in [0, 0.05) is 0 Å². The van der Waals surface area contributed by atoms with Gasteiger partial charge in [0.2, 0.25) is 5.91 Å². The molecule has 0 atom stereocenters. The zero-order chi connectivity index (χ0) is 14.7. The Kier molecular flexibility index (Phi) is 4.09. The molecule has 1 aliphatic rings. The quantitative estimate of drug-likeness (QED) is 0.777. The van der Waals surface area contributed by atoms with Crippen molar-refractivity contribution < 1.29 is 24.2 Å². The molecule has 108 valence electrons. The topological polar surface area (TPSA) is 102 Å². The van der Waals surface area contributed by atoms with E-state index >= 15 is 0 Å². The van der Waals surface area contributed by atoms with Crippen molar-refractivity contribution in [2.75, 3.05) is 24.7 Å². The van der Waals surface area contributed by atoms with Crippen molar-refractivity contribution >= 4 is 17.5 Å². The summed E-state index contributed by atoms with van der Waals surface area (Å²) < 4.78 is 10.8. The summed E-state index contributed by atoms with van der Waals surface area (Å²) in [5, 5.41) is 9.27. The van der Waals surface area contributed by atoms with Gasteiger partial charge in [0.15, 0.2) is 18.1 Å². The van der Waals surface area contributed by atoms with Crippen molar-refractivity contribution in [3.05, 3.63) is 17.7 Å². The monoisotopic (exact) mass is 280 g/mol. The van der Waals surface area contributed by atoms with Gasteiger partial charge >= 0.3 is 0 Å². The Labute approximate surface area is 115 Å². The molecule has 1 heterocycles. The largest absolute Gasteiger partial charge is 0.490 e. The standard InChI is InChI=1S/C13H16N2O5/c1-2-19-10-4-8(6-16)3-9-13(10)20-7-12(18)15(9)5-11(14)17/h3-4,16H,2,5-7H2,1H3,(H2,14,17). The number of hydrogen-bond donors (Lipinski definition) is 2. The van der Waals surface area contributed by atoms with E-state index in [4.69, 9.17) is 15.2 Å². The van der Waals surface area contributed by atoms with Gasteiger partial charge in [-0.1, -0.05) is 0 Å². The van der Waals surface area contributed by atoms with E-state index in [1.165, 1.54) is 4.90 Å². The first-order chi connectivity index (χ1) is 9.56. The zero-order valence-electron chi connectivity index (χ0n) is 11.1. The minimum Gasteiger partial charge on any atom is -0.490 e. The van der Waals surface area contributed by atoms with Crippen molar-refractivity contribution in [3.8, 4) is 11.5 Å². The summed E-state index contributed by atoms with van der Waals surface area (Å²) in [6, 6.07) is 3.22. The van der Waals surface area contributed by atoms with Crippen LogP contribution in [0.15, 0.2) is 12.1 Å². The van der Waals surface area contributed by atoms with Gasteiger partial charge in [0.25, 0.3) is 5.91 Å². The highest BCUT2D eigenvalue weighted by atomic mass is 16.5. The van der Waals surface area contributed by atoms with Crippen LogP contribution in [0.5, 0.6) is 11.5 Å². The maximum Gasteiger partial charge on any atom is 0.265 e. The van der Waals surface area contributed by atoms with Crippen LogP contribution in [0.2, 0.25) is 0 Å². The van der Waals surface area contributed by atoms with Crippen molar-refractivity contribution in [3.63, 3.8) is 0 Å². The van der Waals surface area contributed by atoms with Gasteiger partial charge in [-0.2, -0.15) is 0 Å². The third kappa shape index (κ3) is 2.67. The Morgan fingerprint density at radius 1 is 1.55 bits per heavy atom. The van der Waals surface area contributed by atoms with Crippen LogP contribution in [0.1, 0.15) is 12.5 Å².